The van der Waals surface area contributed by atoms with Crippen LogP contribution < -0.4 is 0 Å². The summed E-state index contributed by atoms with van der Waals surface area (Å²) in [6.45, 7) is 0. The van der Waals surface area contributed by atoms with Crippen LogP contribution >= 0.6 is 11.6 Å². The van der Waals surface area contributed by atoms with E-state index < -0.39 is 22.2 Å². The van der Waals surface area contributed by atoms with Crippen LogP contribution in [-0.4, -0.2) is 19.9 Å². The van der Waals surface area contributed by atoms with Crippen molar-refractivity contribution in [2.45, 2.75) is 5.38 Å². The average Bonchev–Trinajstić information content (AvgIpc) is 1.21. The van der Waals surface area contributed by atoms with Gasteiger partial charge < -0.3 is 4.55 Å². The highest BCUT2D eigenvalue weighted by atomic mass is 35.5. The van der Waals surface area contributed by atoms with Gasteiger partial charge in [0.15, 0.2) is 11.1 Å². The maximum absolute atomic E-state index is 11.4. The van der Waals surface area contributed by atoms with Crippen LogP contribution in [0.4, 0.5) is 8.78 Å². The molecule has 0 saturated carbocycles. The minimum absolute atomic E-state index is 1.21. The number of alkyl halides is 3. The van der Waals surface area contributed by atoms with Crippen molar-refractivity contribution in [1.29, 1.82) is 0 Å². The molecule has 0 bridgehead atoms. The molecule has 0 aromatic carbocycles. The number of hydrogen-bond acceptors (Lipinski definition) is 1. The lowest BCUT2D eigenvalue weighted by Gasteiger charge is -2.01. The Hall–Kier alpha value is 0.260. The zero-order valence-corrected chi connectivity index (χ0v) is 5.18. The highest BCUT2D eigenvalue weighted by Crippen LogP contribution is 2.18. The molecule has 1 N–H and O–H groups in total. The van der Waals surface area contributed by atoms with Crippen LogP contribution in [0.2, 0.25) is 0 Å². The summed E-state index contributed by atoms with van der Waals surface area (Å²) in [6.07, 6.45) is 0. The zero-order chi connectivity index (χ0) is 6.78. The van der Waals surface area contributed by atoms with Crippen molar-refractivity contribution in [2.24, 2.45) is 0 Å². The largest absolute Gasteiger partial charge is 0.335 e. The van der Waals surface area contributed by atoms with Crippen LogP contribution in [0.15, 0.2) is 0 Å². The molecular weight excluding hydrogens is 162 g/mol. The van der Waals surface area contributed by atoms with Gasteiger partial charge in [0, 0.05) is 0 Å². The molecule has 0 amide bonds. The van der Waals surface area contributed by atoms with E-state index >= 15 is 0 Å². The van der Waals surface area contributed by atoms with E-state index in [0.29, 0.717) is 0 Å². The number of hydrogen-bond donors (Lipinski definition) is 1. The summed E-state index contributed by atoms with van der Waals surface area (Å²) < 4.78 is 40.1. The van der Waals surface area contributed by atoms with Gasteiger partial charge in [-0.3, -0.25) is 0 Å². The van der Waals surface area contributed by atoms with Gasteiger partial charge >= 0.3 is 5.38 Å². The molecule has 0 fully saturated rings. The van der Waals surface area contributed by atoms with Crippen LogP contribution in [0.5, 0.6) is 0 Å². The molecule has 0 aliphatic carbocycles. The molecule has 0 aromatic rings. The summed E-state index contributed by atoms with van der Waals surface area (Å²) in [4.78, 5) is 0. The Balaban J connectivity index is 3.55. The van der Waals surface area contributed by atoms with Crippen molar-refractivity contribution in [2.75, 3.05) is 5.75 Å². The Morgan fingerprint density at radius 2 is 2.12 bits per heavy atom. The first-order chi connectivity index (χ1) is 3.42. The van der Waals surface area contributed by atoms with Crippen molar-refractivity contribution >= 4 is 22.7 Å². The molecule has 6 heteroatoms. The Bertz CT molecular complexity index is 101. The van der Waals surface area contributed by atoms with Gasteiger partial charge in [-0.25, -0.2) is 4.21 Å². The standard InChI is InChI=1S/C2H3ClF2O2S/c3-2(4,5)1-8(6)7/h1H2,(H,6,7). The van der Waals surface area contributed by atoms with E-state index in [9.17, 15) is 13.0 Å². The molecule has 0 rings (SSSR count). The van der Waals surface area contributed by atoms with Crippen molar-refractivity contribution in [3.05, 3.63) is 0 Å². The topological polar surface area (TPSA) is 37.3 Å². The highest BCUT2D eigenvalue weighted by Gasteiger charge is 2.27. The van der Waals surface area contributed by atoms with Crippen LogP contribution in [0.3, 0.4) is 0 Å². The summed E-state index contributed by atoms with van der Waals surface area (Å²) in [5.74, 6) is -1.21. The summed E-state index contributed by atoms with van der Waals surface area (Å²) in [7, 11) is 0. The predicted octanol–water partition coefficient (Wildman–Crippen LogP) is 1.04. The normalized spacial score (nSPS) is 16.0. The molecule has 0 aliphatic rings. The Morgan fingerprint density at radius 1 is 1.75 bits per heavy atom. The fourth-order valence-electron chi connectivity index (χ4n) is 0.140. The molecule has 0 heterocycles. The molecule has 1 atom stereocenters. The van der Waals surface area contributed by atoms with Crippen molar-refractivity contribution in [3.8, 4) is 0 Å². The molecule has 0 spiro atoms. The van der Waals surface area contributed by atoms with Crippen molar-refractivity contribution in [3.63, 3.8) is 0 Å². The molecule has 0 aliphatic heterocycles. The van der Waals surface area contributed by atoms with Gasteiger partial charge in [0.05, 0.1) is 0 Å². The Kier molecular flexibility index (Phi) is 2.79. The Labute approximate surface area is 52.1 Å². The third-order valence-corrected chi connectivity index (χ3v) is 1.19. The molecule has 50 valence electrons. The third-order valence-electron chi connectivity index (χ3n) is 0.287. The quantitative estimate of drug-likeness (QED) is 0.489. The second-order valence-corrected chi connectivity index (χ2v) is 2.57. The fourth-order valence-corrected chi connectivity index (χ4v) is 0.700. The average molecular weight is 165 g/mol. The lowest BCUT2D eigenvalue weighted by atomic mass is 10.8. The maximum atomic E-state index is 11.4. The minimum atomic E-state index is -3.56. The van der Waals surface area contributed by atoms with Gasteiger partial charge in [-0.2, -0.15) is 8.78 Å². The van der Waals surface area contributed by atoms with Gasteiger partial charge in [0.25, 0.3) is 0 Å². The molecule has 1 unspecified atom stereocenters. The van der Waals surface area contributed by atoms with Crippen LogP contribution in [0.1, 0.15) is 0 Å². The molecule has 0 radical (unpaired) electrons. The highest BCUT2D eigenvalue weighted by molar-refractivity contribution is 7.79. The van der Waals surface area contributed by atoms with Gasteiger partial charge in [0.2, 0.25) is 0 Å². The van der Waals surface area contributed by atoms with E-state index in [0.717, 1.165) is 0 Å². The number of rotatable bonds is 2. The monoisotopic (exact) mass is 164 g/mol. The molecule has 0 aromatic heterocycles. The van der Waals surface area contributed by atoms with Crippen LogP contribution in [-0.2, 0) is 11.1 Å². The smallest absolute Gasteiger partial charge is 0.306 e. The Morgan fingerprint density at radius 3 is 2.12 bits per heavy atom. The van der Waals surface area contributed by atoms with E-state index in [4.69, 9.17) is 4.55 Å². The van der Waals surface area contributed by atoms with Crippen molar-refractivity contribution < 1.29 is 17.5 Å². The lowest BCUT2D eigenvalue weighted by Crippen LogP contribution is -2.16. The summed E-state index contributed by atoms with van der Waals surface area (Å²) in [5.41, 5.74) is 0. The van der Waals surface area contributed by atoms with E-state index in [2.05, 4.69) is 11.6 Å². The first-order valence-corrected chi connectivity index (χ1v) is 3.21. The summed E-state index contributed by atoms with van der Waals surface area (Å²) >= 11 is 1.72. The molecule has 0 saturated heterocycles. The van der Waals surface area contributed by atoms with Crippen molar-refractivity contribution in [1.82, 2.24) is 0 Å². The van der Waals surface area contributed by atoms with Gasteiger partial charge in [0.1, 0.15) is 5.75 Å². The fraction of sp³-hybridized carbons (Fsp3) is 1.00. The summed E-state index contributed by atoms with van der Waals surface area (Å²) in [5, 5.41) is -3.56. The van der Waals surface area contributed by atoms with E-state index in [1.807, 2.05) is 0 Å². The molecule has 2 nitrogen and oxygen atoms in total. The van der Waals surface area contributed by atoms with E-state index in [-0.39, 0.29) is 0 Å². The minimum Gasteiger partial charge on any atom is -0.306 e. The lowest BCUT2D eigenvalue weighted by molar-refractivity contribution is 0.122. The van der Waals surface area contributed by atoms with E-state index in [1.165, 1.54) is 0 Å². The zero-order valence-electron chi connectivity index (χ0n) is 3.60. The maximum Gasteiger partial charge on any atom is 0.335 e. The second-order valence-electron chi connectivity index (χ2n) is 1.08. The molecular formula is C2H3ClF2O2S. The SMILES string of the molecule is O=S(O)CC(F)(F)Cl. The van der Waals surface area contributed by atoms with Gasteiger partial charge in [-0.05, 0) is 11.6 Å². The summed E-state index contributed by atoms with van der Waals surface area (Å²) in [6, 6.07) is 0. The van der Waals surface area contributed by atoms with Gasteiger partial charge in [-0.15, -0.1) is 0 Å². The predicted molar refractivity (Wildman–Crippen MR) is 26.4 cm³/mol. The second kappa shape index (κ2) is 2.70. The molecule has 8 heavy (non-hydrogen) atoms. The van der Waals surface area contributed by atoms with Crippen LogP contribution in [0.25, 0.3) is 0 Å². The third kappa shape index (κ3) is 6.26. The number of halogens is 3. The first kappa shape index (κ1) is 8.26. The van der Waals surface area contributed by atoms with Gasteiger partial charge in [-0.1, -0.05) is 0 Å². The first-order valence-electron chi connectivity index (χ1n) is 1.56. The van der Waals surface area contributed by atoms with Crippen LogP contribution in [0, 0.1) is 0 Å². The van der Waals surface area contributed by atoms with E-state index in [1.54, 1.807) is 0 Å².